The molecule has 0 bridgehead atoms. The summed E-state index contributed by atoms with van der Waals surface area (Å²) >= 11 is 5.79. The standard InChI is InChI=1S/C15H14ClNO3/c1-19-13-4-2-3-12(14(13)17)15(18)20-9-10-5-7-11(16)8-6-10/h2-8H,9,17H2,1H3. The first-order valence-corrected chi connectivity index (χ1v) is 6.33. The Kier molecular flexibility index (Phi) is 4.48. The molecule has 0 amide bonds. The molecule has 0 saturated carbocycles. The summed E-state index contributed by atoms with van der Waals surface area (Å²) in [5, 5.41) is 0.636. The molecule has 0 aliphatic carbocycles. The van der Waals surface area contributed by atoms with Crippen molar-refractivity contribution in [1.29, 1.82) is 0 Å². The topological polar surface area (TPSA) is 61.5 Å². The molecule has 0 unspecified atom stereocenters. The monoisotopic (exact) mass is 291 g/mol. The number of rotatable bonds is 4. The number of methoxy groups -OCH3 is 1. The van der Waals surface area contributed by atoms with Crippen LogP contribution in [0.5, 0.6) is 5.75 Å². The first-order chi connectivity index (χ1) is 9.61. The summed E-state index contributed by atoms with van der Waals surface area (Å²) < 4.78 is 10.3. The van der Waals surface area contributed by atoms with Crippen LogP contribution < -0.4 is 10.5 Å². The number of para-hydroxylation sites is 1. The Bertz CT molecular complexity index is 611. The lowest BCUT2D eigenvalue weighted by Crippen LogP contribution is -2.09. The van der Waals surface area contributed by atoms with Gasteiger partial charge in [-0.2, -0.15) is 0 Å². The zero-order valence-corrected chi connectivity index (χ0v) is 11.7. The molecular weight excluding hydrogens is 278 g/mol. The van der Waals surface area contributed by atoms with Crippen LogP contribution in [-0.2, 0) is 11.3 Å². The molecule has 20 heavy (non-hydrogen) atoms. The third kappa shape index (κ3) is 3.22. The molecule has 0 aromatic heterocycles. The van der Waals surface area contributed by atoms with Crippen molar-refractivity contribution in [2.24, 2.45) is 0 Å². The molecule has 0 heterocycles. The average Bonchev–Trinajstić information content (AvgIpc) is 2.46. The normalized spacial score (nSPS) is 10.1. The van der Waals surface area contributed by atoms with Gasteiger partial charge in [-0.05, 0) is 29.8 Å². The molecule has 4 nitrogen and oxygen atoms in total. The molecule has 0 radical (unpaired) electrons. The molecule has 5 heteroatoms. The van der Waals surface area contributed by atoms with Crippen LogP contribution in [0.25, 0.3) is 0 Å². The van der Waals surface area contributed by atoms with E-state index in [4.69, 9.17) is 26.8 Å². The van der Waals surface area contributed by atoms with Gasteiger partial charge in [0.05, 0.1) is 18.4 Å². The van der Waals surface area contributed by atoms with Gasteiger partial charge in [-0.25, -0.2) is 4.79 Å². The van der Waals surface area contributed by atoms with E-state index in [9.17, 15) is 4.79 Å². The van der Waals surface area contributed by atoms with Crippen LogP contribution >= 0.6 is 11.6 Å². The number of esters is 1. The van der Waals surface area contributed by atoms with E-state index >= 15 is 0 Å². The van der Waals surface area contributed by atoms with E-state index in [1.165, 1.54) is 7.11 Å². The van der Waals surface area contributed by atoms with Crippen LogP contribution in [0.3, 0.4) is 0 Å². The number of nitrogen functional groups attached to an aromatic ring is 1. The first-order valence-electron chi connectivity index (χ1n) is 5.96. The maximum absolute atomic E-state index is 12.0. The Morgan fingerprint density at radius 3 is 2.55 bits per heavy atom. The zero-order chi connectivity index (χ0) is 14.5. The van der Waals surface area contributed by atoms with Gasteiger partial charge in [0.1, 0.15) is 12.4 Å². The third-order valence-electron chi connectivity index (χ3n) is 2.79. The molecule has 2 rings (SSSR count). The second-order valence-corrected chi connectivity index (χ2v) is 4.56. The van der Waals surface area contributed by atoms with Crippen molar-refractivity contribution < 1.29 is 14.3 Å². The predicted octanol–water partition coefficient (Wildman–Crippen LogP) is 3.29. The van der Waals surface area contributed by atoms with Gasteiger partial charge >= 0.3 is 5.97 Å². The van der Waals surface area contributed by atoms with Gasteiger partial charge in [0.2, 0.25) is 0 Å². The number of ether oxygens (including phenoxy) is 2. The summed E-state index contributed by atoms with van der Waals surface area (Å²) in [5.74, 6) is -0.0395. The number of benzene rings is 2. The molecule has 0 fully saturated rings. The highest BCUT2D eigenvalue weighted by molar-refractivity contribution is 6.30. The fourth-order valence-electron chi connectivity index (χ4n) is 1.71. The van der Waals surface area contributed by atoms with Crippen LogP contribution in [0, 0.1) is 0 Å². The maximum atomic E-state index is 12.0. The van der Waals surface area contributed by atoms with Gasteiger partial charge in [0.25, 0.3) is 0 Å². The van der Waals surface area contributed by atoms with E-state index in [2.05, 4.69) is 0 Å². The third-order valence-corrected chi connectivity index (χ3v) is 3.04. The van der Waals surface area contributed by atoms with E-state index in [1.54, 1.807) is 42.5 Å². The fourth-order valence-corrected chi connectivity index (χ4v) is 1.83. The number of carbonyl (C=O) groups is 1. The van der Waals surface area contributed by atoms with Crippen LogP contribution in [0.4, 0.5) is 5.69 Å². The van der Waals surface area contributed by atoms with Crippen LogP contribution in [0.1, 0.15) is 15.9 Å². The Morgan fingerprint density at radius 1 is 1.20 bits per heavy atom. The minimum atomic E-state index is -0.489. The Hall–Kier alpha value is -2.20. The van der Waals surface area contributed by atoms with Crippen molar-refractivity contribution in [1.82, 2.24) is 0 Å². The summed E-state index contributed by atoms with van der Waals surface area (Å²) in [4.78, 5) is 12.0. The number of carbonyl (C=O) groups excluding carboxylic acids is 1. The summed E-state index contributed by atoms with van der Waals surface area (Å²) in [6.07, 6.45) is 0. The minimum Gasteiger partial charge on any atom is -0.495 e. The van der Waals surface area contributed by atoms with Crippen LogP contribution in [0.15, 0.2) is 42.5 Å². The smallest absolute Gasteiger partial charge is 0.340 e. The van der Waals surface area contributed by atoms with Gasteiger partial charge in [0, 0.05) is 5.02 Å². The van der Waals surface area contributed by atoms with E-state index < -0.39 is 5.97 Å². The maximum Gasteiger partial charge on any atom is 0.340 e. The lowest BCUT2D eigenvalue weighted by atomic mass is 10.1. The number of nitrogens with two attached hydrogens (primary N) is 1. The van der Waals surface area contributed by atoms with E-state index in [-0.39, 0.29) is 12.3 Å². The van der Waals surface area contributed by atoms with E-state index in [0.717, 1.165) is 5.56 Å². The lowest BCUT2D eigenvalue weighted by molar-refractivity contribution is 0.0473. The molecule has 2 aromatic carbocycles. The number of hydrogen-bond acceptors (Lipinski definition) is 4. The van der Waals surface area contributed by atoms with E-state index in [0.29, 0.717) is 16.3 Å². The van der Waals surface area contributed by atoms with Gasteiger partial charge < -0.3 is 15.2 Å². The van der Waals surface area contributed by atoms with Crippen molar-refractivity contribution >= 4 is 23.3 Å². The predicted molar refractivity (Wildman–Crippen MR) is 78.0 cm³/mol. The molecule has 2 N–H and O–H groups in total. The summed E-state index contributed by atoms with van der Waals surface area (Å²) in [7, 11) is 1.49. The second-order valence-electron chi connectivity index (χ2n) is 4.12. The molecular formula is C15H14ClNO3. The molecule has 0 atom stereocenters. The van der Waals surface area contributed by atoms with Gasteiger partial charge in [0.15, 0.2) is 0 Å². The van der Waals surface area contributed by atoms with Crippen molar-refractivity contribution in [3.8, 4) is 5.75 Å². The zero-order valence-electron chi connectivity index (χ0n) is 10.9. The fraction of sp³-hybridized carbons (Fsp3) is 0.133. The Labute approximate surface area is 122 Å². The SMILES string of the molecule is COc1cccc(C(=O)OCc2ccc(Cl)cc2)c1N. The van der Waals surface area contributed by atoms with Gasteiger partial charge in [-0.3, -0.25) is 0 Å². The molecule has 104 valence electrons. The number of halogens is 1. The average molecular weight is 292 g/mol. The summed E-state index contributed by atoms with van der Waals surface area (Å²) in [6, 6.07) is 12.0. The van der Waals surface area contributed by atoms with Gasteiger partial charge in [-0.1, -0.05) is 29.8 Å². The molecule has 0 aliphatic heterocycles. The highest BCUT2D eigenvalue weighted by Crippen LogP contribution is 2.25. The van der Waals surface area contributed by atoms with Gasteiger partial charge in [-0.15, -0.1) is 0 Å². The summed E-state index contributed by atoms with van der Waals surface area (Å²) in [6.45, 7) is 0.159. The second kappa shape index (κ2) is 6.30. The Balaban J connectivity index is 2.07. The first kappa shape index (κ1) is 14.2. The molecule has 0 aliphatic rings. The lowest BCUT2D eigenvalue weighted by Gasteiger charge is -2.10. The summed E-state index contributed by atoms with van der Waals surface area (Å²) in [5.41, 5.74) is 7.26. The van der Waals surface area contributed by atoms with Crippen molar-refractivity contribution in [3.05, 3.63) is 58.6 Å². The largest absolute Gasteiger partial charge is 0.495 e. The van der Waals surface area contributed by atoms with Crippen LogP contribution in [0.2, 0.25) is 5.02 Å². The number of anilines is 1. The molecule has 2 aromatic rings. The number of hydrogen-bond donors (Lipinski definition) is 1. The minimum absolute atomic E-state index is 0.159. The molecule has 0 spiro atoms. The highest BCUT2D eigenvalue weighted by atomic mass is 35.5. The highest BCUT2D eigenvalue weighted by Gasteiger charge is 2.14. The quantitative estimate of drug-likeness (QED) is 0.693. The van der Waals surface area contributed by atoms with Crippen molar-refractivity contribution in [3.63, 3.8) is 0 Å². The Morgan fingerprint density at radius 2 is 1.90 bits per heavy atom. The van der Waals surface area contributed by atoms with Crippen molar-refractivity contribution in [2.45, 2.75) is 6.61 Å². The van der Waals surface area contributed by atoms with Crippen LogP contribution in [-0.4, -0.2) is 13.1 Å². The van der Waals surface area contributed by atoms with Crippen molar-refractivity contribution in [2.75, 3.05) is 12.8 Å². The van der Waals surface area contributed by atoms with E-state index in [1.807, 2.05) is 0 Å². The molecule has 0 saturated heterocycles.